The average Bonchev–Trinajstić information content (AvgIpc) is 2.93. The van der Waals surface area contributed by atoms with E-state index in [4.69, 9.17) is 18.7 Å². The van der Waals surface area contributed by atoms with Crippen LogP contribution >= 0.6 is 12.0 Å². The summed E-state index contributed by atoms with van der Waals surface area (Å²) < 4.78 is 18.0. The van der Waals surface area contributed by atoms with Gasteiger partial charge in [-0.05, 0) is 23.8 Å². The van der Waals surface area contributed by atoms with Gasteiger partial charge in [-0.15, -0.1) is 0 Å². The first kappa shape index (κ1) is 17.9. The third-order valence-corrected chi connectivity index (χ3v) is 5.25. The van der Waals surface area contributed by atoms with Crippen molar-refractivity contribution in [2.75, 3.05) is 20.8 Å². The molecule has 0 bridgehead atoms. The summed E-state index contributed by atoms with van der Waals surface area (Å²) in [5, 5.41) is 0. The average molecular weight is 384 g/mol. The van der Waals surface area contributed by atoms with E-state index < -0.39 is 0 Å². The van der Waals surface area contributed by atoms with Crippen LogP contribution in [0.3, 0.4) is 0 Å². The van der Waals surface area contributed by atoms with Crippen LogP contribution in [-0.2, 0) is 22.7 Å². The lowest BCUT2D eigenvalue weighted by molar-refractivity contribution is -0.187. The maximum absolute atomic E-state index is 5.43. The Labute approximate surface area is 162 Å². The highest BCUT2D eigenvalue weighted by Crippen LogP contribution is 2.37. The fraction of sp³-hybridized carbons (Fsp3) is 0.250. The molecule has 0 radical (unpaired) electrons. The lowest BCUT2D eigenvalue weighted by Gasteiger charge is -2.12. The SMILES string of the molecule is COc1cc(OC)cc(-c2c(-c3ccc4c(c3)SOOCC4)ncn2C)c1. The van der Waals surface area contributed by atoms with Gasteiger partial charge in [0, 0.05) is 35.6 Å². The Morgan fingerprint density at radius 3 is 2.56 bits per heavy atom. The Bertz CT molecular complexity index is 948. The molecule has 3 aromatic rings. The van der Waals surface area contributed by atoms with Crippen LogP contribution in [0, 0.1) is 0 Å². The molecule has 0 atom stereocenters. The van der Waals surface area contributed by atoms with Crippen molar-refractivity contribution in [2.45, 2.75) is 11.3 Å². The third kappa shape index (κ3) is 3.53. The van der Waals surface area contributed by atoms with Crippen LogP contribution in [0.15, 0.2) is 47.6 Å². The van der Waals surface area contributed by atoms with Gasteiger partial charge in [-0.2, -0.15) is 4.33 Å². The molecule has 1 aliphatic rings. The Morgan fingerprint density at radius 1 is 1.04 bits per heavy atom. The van der Waals surface area contributed by atoms with E-state index in [2.05, 4.69) is 23.2 Å². The second kappa shape index (κ2) is 7.64. The van der Waals surface area contributed by atoms with E-state index in [0.717, 1.165) is 45.3 Å². The predicted molar refractivity (Wildman–Crippen MR) is 104 cm³/mol. The Balaban J connectivity index is 1.82. The summed E-state index contributed by atoms with van der Waals surface area (Å²) in [6, 6.07) is 12.1. The smallest absolute Gasteiger partial charge is 0.123 e. The van der Waals surface area contributed by atoms with Gasteiger partial charge in [-0.3, -0.25) is 0 Å². The molecule has 0 N–H and O–H groups in total. The Kier molecular flexibility index (Phi) is 5.07. The van der Waals surface area contributed by atoms with Crippen molar-refractivity contribution in [3.05, 3.63) is 48.3 Å². The molecule has 1 aromatic heterocycles. The maximum Gasteiger partial charge on any atom is 0.123 e. The first-order chi connectivity index (χ1) is 13.2. The fourth-order valence-corrected chi connectivity index (χ4v) is 3.80. The highest BCUT2D eigenvalue weighted by atomic mass is 32.2. The summed E-state index contributed by atoms with van der Waals surface area (Å²) in [7, 11) is 5.27. The molecular formula is C20H20N2O4S. The molecule has 0 amide bonds. The zero-order valence-electron chi connectivity index (χ0n) is 15.4. The molecule has 0 aliphatic carbocycles. The van der Waals surface area contributed by atoms with Crippen molar-refractivity contribution in [1.29, 1.82) is 0 Å². The van der Waals surface area contributed by atoms with Crippen molar-refractivity contribution >= 4 is 12.0 Å². The van der Waals surface area contributed by atoms with Gasteiger partial charge in [0.25, 0.3) is 0 Å². The number of rotatable bonds is 4. The van der Waals surface area contributed by atoms with E-state index in [1.807, 2.05) is 36.1 Å². The highest BCUT2D eigenvalue weighted by molar-refractivity contribution is 7.94. The van der Waals surface area contributed by atoms with Gasteiger partial charge in [0.2, 0.25) is 0 Å². The normalized spacial score (nSPS) is 13.7. The number of ether oxygens (including phenoxy) is 2. The van der Waals surface area contributed by atoms with Gasteiger partial charge in [0.05, 0.1) is 50.6 Å². The van der Waals surface area contributed by atoms with Crippen LogP contribution in [0.1, 0.15) is 5.56 Å². The molecule has 0 fully saturated rings. The number of aromatic nitrogens is 2. The minimum Gasteiger partial charge on any atom is -0.497 e. The first-order valence-corrected chi connectivity index (χ1v) is 9.28. The summed E-state index contributed by atoms with van der Waals surface area (Å²) in [4.78, 5) is 10.8. The lowest BCUT2D eigenvalue weighted by atomic mass is 10.0. The number of imidazole rings is 1. The second-order valence-electron chi connectivity index (χ2n) is 6.20. The quantitative estimate of drug-likeness (QED) is 0.494. The summed E-state index contributed by atoms with van der Waals surface area (Å²) in [5.74, 6) is 1.47. The number of fused-ring (bicyclic) bond motifs is 1. The van der Waals surface area contributed by atoms with E-state index >= 15 is 0 Å². The second-order valence-corrected chi connectivity index (χ2v) is 6.94. The molecule has 0 spiro atoms. The molecule has 140 valence electrons. The lowest BCUT2D eigenvalue weighted by Crippen LogP contribution is -1.95. The van der Waals surface area contributed by atoms with E-state index in [1.54, 1.807) is 14.2 Å². The van der Waals surface area contributed by atoms with Crippen LogP contribution < -0.4 is 9.47 Å². The van der Waals surface area contributed by atoms with Crippen molar-refractivity contribution in [3.8, 4) is 34.0 Å². The van der Waals surface area contributed by atoms with E-state index in [-0.39, 0.29) is 0 Å². The number of benzene rings is 2. The summed E-state index contributed by atoms with van der Waals surface area (Å²) >= 11 is 1.24. The summed E-state index contributed by atoms with van der Waals surface area (Å²) in [6.07, 6.45) is 2.64. The molecular weight excluding hydrogens is 364 g/mol. The van der Waals surface area contributed by atoms with Crippen LogP contribution in [0.2, 0.25) is 0 Å². The fourth-order valence-electron chi connectivity index (χ4n) is 3.16. The number of nitrogens with zero attached hydrogens (tertiary/aromatic N) is 2. The van der Waals surface area contributed by atoms with Crippen molar-refractivity contribution < 1.29 is 18.7 Å². The Hall–Kier alpha value is -2.48. The molecule has 2 heterocycles. The molecule has 4 rings (SSSR count). The van der Waals surface area contributed by atoms with Crippen LogP contribution in [0.5, 0.6) is 11.5 Å². The Morgan fingerprint density at radius 2 is 1.81 bits per heavy atom. The molecule has 6 nitrogen and oxygen atoms in total. The molecule has 2 aromatic carbocycles. The van der Waals surface area contributed by atoms with Crippen LogP contribution in [0.25, 0.3) is 22.5 Å². The number of aryl methyl sites for hydroxylation is 1. The van der Waals surface area contributed by atoms with Crippen LogP contribution in [0.4, 0.5) is 0 Å². The number of methoxy groups -OCH3 is 2. The summed E-state index contributed by atoms with van der Waals surface area (Å²) in [5.41, 5.74) is 5.08. The minimum absolute atomic E-state index is 0.553. The van der Waals surface area contributed by atoms with Gasteiger partial charge in [-0.1, -0.05) is 12.1 Å². The first-order valence-electron chi connectivity index (χ1n) is 8.54. The van der Waals surface area contributed by atoms with Crippen molar-refractivity contribution in [1.82, 2.24) is 9.55 Å². The van der Waals surface area contributed by atoms with E-state index in [0.29, 0.717) is 6.61 Å². The predicted octanol–water partition coefficient (Wildman–Crippen LogP) is 4.28. The molecule has 27 heavy (non-hydrogen) atoms. The van der Waals surface area contributed by atoms with E-state index in [9.17, 15) is 0 Å². The van der Waals surface area contributed by atoms with Gasteiger partial charge in [-0.25, -0.2) is 9.87 Å². The molecule has 1 aliphatic heterocycles. The zero-order valence-corrected chi connectivity index (χ0v) is 16.2. The molecule has 0 saturated heterocycles. The molecule has 0 saturated carbocycles. The monoisotopic (exact) mass is 384 g/mol. The number of hydrogen-bond donors (Lipinski definition) is 0. The van der Waals surface area contributed by atoms with E-state index in [1.165, 1.54) is 17.6 Å². The summed E-state index contributed by atoms with van der Waals surface area (Å²) in [6.45, 7) is 0.553. The minimum atomic E-state index is 0.553. The topological polar surface area (TPSA) is 54.7 Å². The van der Waals surface area contributed by atoms with Gasteiger partial charge >= 0.3 is 0 Å². The van der Waals surface area contributed by atoms with Crippen LogP contribution in [-0.4, -0.2) is 30.4 Å². The zero-order chi connectivity index (χ0) is 18.8. The number of hydrogen-bond acceptors (Lipinski definition) is 6. The largest absolute Gasteiger partial charge is 0.497 e. The molecule has 7 heteroatoms. The maximum atomic E-state index is 5.43. The van der Waals surface area contributed by atoms with Gasteiger partial charge in [0.15, 0.2) is 0 Å². The van der Waals surface area contributed by atoms with Gasteiger partial charge in [0.1, 0.15) is 11.5 Å². The highest BCUT2D eigenvalue weighted by Gasteiger charge is 2.18. The third-order valence-electron chi connectivity index (χ3n) is 4.53. The molecule has 0 unspecified atom stereocenters. The standard InChI is InChI=1S/C20H20N2O4S/c1-22-12-21-19(14-5-4-13-6-7-25-26-27-18(13)10-14)20(22)15-8-16(23-2)11-17(9-15)24-3/h4-5,8-12H,6-7H2,1-3H3. The van der Waals surface area contributed by atoms with Gasteiger partial charge < -0.3 is 14.0 Å². The van der Waals surface area contributed by atoms with Crippen molar-refractivity contribution in [2.24, 2.45) is 7.05 Å². The van der Waals surface area contributed by atoms with Crippen molar-refractivity contribution in [3.63, 3.8) is 0 Å².